The molecule has 0 aliphatic carbocycles. The molecule has 0 aromatic heterocycles. The molecule has 0 aliphatic heterocycles. The average Bonchev–Trinajstić information content (AvgIpc) is 2.70. The van der Waals surface area contributed by atoms with Crippen molar-refractivity contribution in [3.8, 4) is 0 Å². The van der Waals surface area contributed by atoms with Gasteiger partial charge in [0.05, 0.1) is 19.0 Å². The highest BCUT2D eigenvalue weighted by Gasteiger charge is 2.27. The molecule has 33 heavy (non-hydrogen) atoms. The van der Waals surface area contributed by atoms with Gasteiger partial charge in [-0.2, -0.15) is 0 Å². The van der Waals surface area contributed by atoms with Crippen molar-refractivity contribution in [2.75, 3.05) is 13.1 Å². The quantitative estimate of drug-likeness (QED) is 0.0581. The van der Waals surface area contributed by atoms with Crippen LogP contribution in [0.3, 0.4) is 0 Å². The van der Waals surface area contributed by atoms with E-state index in [-0.39, 0.29) is 38.2 Å². The van der Waals surface area contributed by atoms with Crippen LogP contribution in [0.1, 0.15) is 32.1 Å². The van der Waals surface area contributed by atoms with E-state index >= 15 is 0 Å². The van der Waals surface area contributed by atoms with Crippen LogP contribution in [0.5, 0.6) is 0 Å². The number of carboxylic acid groups (broad SMARTS) is 2. The van der Waals surface area contributed by atoms with Gasteiger partial charge < -0.3 is 49.1 Å². The normalized spacial score (nSPS) is 13.0. The Bertz CT molecular complexity index is 768. The molecule has 0 spiro atoms. The Hall–Kier alpha value is -3.95. The van der Waals surface area contributed by atoms with Crippen LogP contribution < -0.4 is 38.9 Å². The van der Waals surface area contributed by atoms with Gasteiger partial charge in [0.15, 0.2) is 5.96 Å². The maximum absolute atomic E-state index is 12.6. The summed E-state index contributed by atoms with van der Waals surface area (Å²) in [6.07, 6.45) is -0.969. The van der Waals surface area contributed by atoms with E-state index in [2.05, 4.69) is 20.9 Å². The smallest absolute Gasteiger partial charge is 0.326 e. The molecule has 0 bridgehead atoms. The molecule has 0 fully saturated rings. The number of hydrogen-bond acceptors (Lipinski definition) is 8. The molecule has 0 radical (unpaired) electrons. The second-order valence-corrected chi connectivity index (χ2v) is 6.90. The fraction of sp³-hybridized carbons (Fsp3) is 0.588. The molecule has 3 unspecified atom stereocenters. The lowest BCUT2D eigenvalue weighted by Crippen LogP contribution is -2.54. The number of carboxylic acids is 2. The van der Waals surface area contributed by atoms with Crippen molar-refractivity contribution in [2.45, 2.75) is 50.2 Å². The maximum Gasteiger partial charge on any atom is 0.326 e. The molecule has 186 valence electrons. The largest absolute Gasteiger partial charge is 0.481 e. The summed E-state index contributed by atoms with van der Waals surface area (Å²) >= 11 is 0. The molecule has 0 saturated carbocycles. The van der Waals surface area contributed by atoms with Crippen LogP contribution in [-0.2, 0) is 28.8 Å². The zero-order chi connectivity index (χ0) is 25.6. The minimum absolute atomic E-state index is 0.00296. The van der Waals surface area contributed by atoms with Gasteiger partial charge in [-0.3, -0.25) is 29.0 Å². The van der Waals surface area contributed by atoms with Crippen LogP contribution in [0.25, 0.3) is 0 Å². The van der Waals surface area contributed by atoms with Crippen LogP contribution in [0.4, 0.5) is 0 Å². The van der Waals surface area contributed by atoms with Gasteiger partial charge >= 0.3 is 11.9 Å². The van der Waals surface area contributed by atoms with E-state index < -0.39 is 66.7 Å². The van der Waals surface area contributed by atoms with Crippen LogP contribution in [0, 0.1) is 0 Å². The van der Waals surface area contributed by atoms with E-state index in [1.807, 2.05) is 0 Å². The van der Waals surface area contributed by atoms with Gasteiger partial charge in [-0.25, -0.2) is 4.79 Å². The molecule has 0 aliphatic rings. The molecule has 3 atom stereocenters. The van der Waals surface area contributed by atoms with Crippen molar-refractivity contribution in [2.24, 2.45) is 27.9 Å². The van der Waals surface area contributed by atoms with Gasteiger partial charge in [0.2, 0.25) is 23.6 Å². The van der Waals surface area contributed by atoms with E-state index in [4.69, 9.17) is 28.0 Å². The first-order valence-corrected chi connectivity index (χ1v) is 9.74. The first-order chi connectivity index (χ1) is 15.3. The summed E-state index contributed by atoms with van der Waals surface area (Å²) in [4.78, 5) is 73.0. The second kappa shape index (κ2) is 15.0. The Morgan fingerprint density at radius 2 is 1.52 bits per heavy atom. The molecule has 13 N–H and O–H groups in total. The number of carbonyl (C=O) groups excluding carboxylic acids is 4. The van der Waals surface area contributed by atoms with Crippen molar-refractivity contribution < 1.29 is 39.0 Å². The zero-order valence-electron chi connectivity index (χ0n) is 17.8. The number of carbonyl (C=O) groups is 6. The summed E-state index contributed by atoms with van der Waals surface area (Å²) in [5.74, 6) is -6.22. The van der Waals surface area contributed by atoms with E-state index in [1.165, 1.54) is 0 Å². The summed E-state index contributed by atoms with van der Waals surface area (Å²) in [5, 5.41) is 24.5. The maximum atomic E-state index is 12.6. The van der Waals surface area contributed by atoms with Crippen molar-refractivity contribution in [3.05, 3.63) is 0 Å². The fourth-order valence-corrected chi connectivity index (χ4v) is 2.41. The van der Waals surface area contributed by atoms with Crippen molar-refractivity contribution in [3.63, 3.8) is 0 Å². The topological polar surface area (TPSA) is 295 Å². The first kappa shape index (κ1) is 29.0. The number of nitrogens with one attached hydrogen (secondary N) is 3. The summed E-state index contributed by atoms with van der Waals surface area (Å²) in [6, 6.07) is -4.04. The van der Waals surface area contributed by atoms with Gasteiger partial charge in [-0.05, 0) is 19.3 Å². The highest BCUT2D eigenvalue weighted by Crippen LogP contribution is 2.03. The highest BCUT2D eigenvalue weighted by atomic mass is 16.4. The Morgan fingerprint density at radius 1 is 0.879 bits per heavy atom. The first-order valence-electron chi connectivity index (χ1n) is 9.74. The van der Waals surface area contributed by atoms with Gasteiger partial charge in [-0.15, -0.1) is 0 Å². The van der Waals surface area contributed by atoms with Crippen molar-refractivity contribution >= 4 is 41.5 Å². The van der Waals surface area contributed by atoms with Crippen LogP contribution >= 0.6 is 0 Å². The van der Waals surface area contributed by atoms with Crippen LogP contribution in [-0.4, -0.2) is 83.0 Å². The number of aliphatic carboxylic acids is 2. The highest BCUT2D eigenvalue weighted by molar-refractivity contribution is 5.93. The summed E-state index contributed by atoms with van der Waals surface area (Å²) in [5.41, 5.74) is 20.8. The number of hydrogen-bond donors (Lipinski definition) is 9. The lowest BCUT2D eigenvalue weighted by atomic mass is 10.1. The number of primary amides is 1. The van der Waals surface area contributed by atoms with Crippen LogP contribution in [0.2, 0.25) is 0 Å². The number of nitrogens with two attached hydrogens (primary N) is 4. The predicted octanol–water partition coefficient (Wildman–Crippen LogP) is -4.72. The molecule has 0 heterocycles. The molecule has 0 aromatic carbocycles. The predicted molar refractivity (Wildman–Crippen MR) is 113 cm³/mol. The molecule has 16 nitrogen and oxygen atoms in total. The van der Waals surface area contributed by atoms with Crippen molar-refractivity contribution in [1.29, 1.82) is 0 Å². The van der Waals surface area contributed by atoms with E-state index in [0.717, 1.165) is 0 Å². The monoisotopic (exact) mass is 474 g/mol. The lowest BCUT2D eigenvalue weighted by Gasteiger charge is -2.21. The number of guanidine groups is 1. The fourth-order valence-electron chi connectivity index (χ4n) is 2.41. The molecular weight excluding hydrogens is 444 g/mol. The van der Waals surface area contributed by atoms with Gasteiger partial charge in [0.25, 0.3) is 0 Å². The SMILES string of the molecule is NC(=O)CCC(NC(=O)C(CCCN=C(N)N)NC(=O)CNC(=O)C(N)CC(=O)O)C(=O)O. The minimum Gasteiger partial charge on any atom is -0.481 e. The minimum atomic E-state index is -1.43. The van der Waals surface area contributed by atoms with Crippen LogP contribution in [0.15, 0.2) is 4.99 Å². The summed E-state index contributed by atoms with van der Waals surface area (Å²) in [7, 11) is 0. The molecule has 0 aromatic rings. The third-order valence-electron chi connectivity index (χ3n) is 4.05. The third kappa shape index (κ3) is 13.9. The Kier molecular flexibility index (Phi) is 13.2. The van der Waals surface area contributed by atoms with E-state index in [0.29, 0.717) is 0 Å². The Balaban J connectivity index is 5.10. The zero-order valence-corrected chi connectivity index (χ0v) is 17.8. The lowest BCUT2D eigenvalue weighted by molar-refractivity contribution is -0.142. The van der Waals surface area contributed by atoms with Gasteiger partial charge in [0.1, 0.15) is 12.1 Å². The molecule has 0 saturated heterocycles. The number of aliphatic imine (C=N–C) groups is 1. The van der Waals surface area contributed by atoms with Gasteiger partial charge in [0, 0.05) is 13.0 Å². The Morgan fingerprint density at radius 3 is 2.03 bits per heavy atom. The second-order valence-electron chi connectivity index (χ2n) is 6.90. The molecule has 16 heteroatoms. The van der Waals surface area contributed by atoms with E-state index in [9.17, 15) is 33.9 Å². The molecule has 0 rings (SSSR count). The average molecular weight is 474 g/mol. The molecule has 4 amide bonds. The number of nitrogens with zero attached hydrogens (tertiary/aromatic N) is 1. The standard InChI is InChI=1S/C17H30N8O8/c18-8(6-13(28)29)14(30)23-7-12(27)24-9(2-1-5-22-17(20)21)15(31)25-10(16(32)33)3-4-11(19)26/h8-10H,1-7,18H2,(H2,19,26)(H,23,30)(H,24,27)(H,25,31)(H,28,29)(H,32,33)(H4,20,21,22). The number of amides is 4. The van der Waals surface area contributed by atoms with Crippen molar-refractivity contribution in [1.82, 2.24) is 16.0 Å². The third-order valence-corrected chi connectivity index (χ3v) is 4.05. The Labute approximate surface area is 188 Å². The summed E-state index contributed by atoms with van der Waals surface area (Å²) in [6.45, 7) is -0.499. The van der Waals surface area contributed by atoms with E-state index in [1.54, 1.807) is 0 Å². The number of rotatable bonds is 16. The van der Waals surface area contributed by atoms with Gasteiger partial charge in [-0.1, -0.05) is 0 Å². The summed E-state index contributed by atoms with van der Waals surface area (Å²) < 4.78 is 0. The molecular formula is C17H30N8O8.